The summed E-state index contributed by atoms with van der Waals surface area (Å²) in [4.78, 5) is 12.8. The van der Waals surface area contributed by atoms with Crippen LogP contribution >= 0.6 is 0 Å². The highest BCUT2D eigenvalue weighted by Gasteiger charge is 2.03. The van der Waals surface area contributed by atoms with Crippen molar-refractivity contribution in [2.24, 2.45) is 0 Å². The normalized spacial score (nSPS) is 10.5. The summed E-state index contributed by atoms with van der Waals surface area (Å²) in [7, 11) is 1.40. The Bertz CT molecular complexity index is 139. The maximum absolute atomic E-state index is 10.7. The number of rotatable bonds is 7. The minimum atomic E-state index is -0.167. The Hall–Kier alpha value is -0.610. The predicted molar refractivity (Wildman–Crippen MR) is 50.4 cm³/mol. The summed E-state index contributed by atoms with van der Waals surface area (Å²) in [6.45, 7) is 4.63. The average Bonchev–Trinajstić information content (AvgIpc) is 2.16. The number of esters is 1. The highest BCUT2D eigenvalue weighted by atomic mass is 16.5. The molecule has 0 amide bonds. The van der Waals surface area contributed by atoms with Gasteiger partial charge in [0.2, 0.25) is 0 Å². The average molecular weight is 189 g/mol. The number of aliphatic hydroxyl groups is 1. The van der Waals surface area contributed by atoms with Gasteiger partial charge in [-0.1, -0.05) is 6.92 Å². The number of nitrogens with zero attached hydrogens (tertiary/aromatic N) is 1. The lowest BCUT2D eigenvalue weighted by Crippen LogP contribution is -2.28. The van der Waals surface area contributed by atoms with E-state index < -0.39 is 0 Å². The third kappa shape index (κ3) is 6.54. The summed E-state index contributed by atoms with van der Waals surface area (Å²) >= 11 is 0. The Morgan fingerprint density at radius 3 is 2.62 bits per heavy atom. The summed E-state index contributed by atoms with van der Waals surface area (Å²) in [5, 5.41) is 8.69. The molecular weight excluding hydrogens is 170 g/mol. The quantitative estimate of drug-likeness (QED) is 0.583. The van der Waals surface area contributed by atoms with Crippen molar-refractivity contribution in [2.45, 2.75) is 19.8 Å². The highest BCUT2D eigenvalue weighted by Crippen LogP contribution is 1.96. The topological polar surface area (TPSA) is 49.8 Å². The molecule has 0 spiro atoms. The maximum atomic E-state index is 10.7. The van der Waals surface area contributed by atoms with E-state index in [1.54, 1.807) is 0 Å². The fourth-order valence-electron chi connectivity index (χ4n) is 1.12. The van der Waals surface area contributed by atoms with Crippen molar-refractivity contribution < 1.29 is 14.6 Å². The van der Waals surface area contributed by atoms with Gasteiger partial charge in [0.15, 0.2) is 0 Å². The molecule has 0 saturated heterocycles. The number of carbonyl (C=O) groups is 1. The lowest BCUT2D eigenvalue weighted by molar-refractivity contribution is -0.140. The molecule has 4 heteroatoms. The van der Waals surface area contributed by atoms with E-state index in [1.165, 1.54) is 7.11 Å². The molecule has 1 N–H and O–H groups in total. The zero-order valence-electron chi connectivity index (χ0n) is 8.45. The van der Waals surface area contributed by atoms with Gasteiger partial charge in [-0.15, -0.1) is 0 Å². The summed E-state index contributed by atoms with van der Waals surface area (Å²) in [6, 6.07) is 0. The maximum Gasteiger partial charge on any atom is 0.305 e. The number of carbonyl (C=O) groups excluding carboxylic acids is 1. The molecule has 0 radical (unpaired) electrons. The zero-order chi connectivity index (χ0) is 10.1. The van der Waals surface area contributed by atoms with Crippen LogP contribution in [0.4, 0.5) is 0 Å². The van der Waals surface area contributed by atoms with E-state index >= 15 is 0 Å². The molecule has 0 aromatic carbocycles. The Morgan fingerprint density at radius 2 is 2.15 bits per heavy atom. The van der Waals surface area contributed by atoms with Gasteiger partial charge in [-0.05, 0) is 19.5 Å². The molecule has 0 saturated carbocycles. The number of hydrogen-bond acceptors (Lipinski definition) is 4. The van der Waals surface area contributed by atoms with Crippen molar-refractivity contribution in [1.29, 1.82) is 0 Å². The van der Waals surface area contributed by atoms with Crippen molar-refractivity contribution >= 4 is 5.97 Å². The van der Waals surface area contributed by atoms with Crippen molar-refractivity contribution in [3.05, 3.63) is 0 Å². The second-order valence-electron chi connectivity index (χ2n) is 2.84. The molecule has 78 valence electrons. The Labute approximate surface area is 79.5 Å². The molecule has 4 nitrogen and oxygen atoms in total. The number of likely N-dealkylation sites (N-methyl/N-ethyl adjacent to an activating group) is 1. The lowest BCUT2D eigenvalue weighted by atomic mass is 10.3. The van der Waals surface area contributed by atoms with Gasteiger partial charge >= 0.3 is 5.97 Å². The summed E-state index contributed by atoms with van der Waals surface area (Å²) in [5.74, 6) is -0.167. The van der Waals surface area contributed by atoms with Gasteiger partial charge in [0.05, 0.1) is 13.7 Å². The molecule has 0 aromatic rings. The molecule has 0 aliphatic heterocycles. The van der Waals surface area contributed by atoms with Gasteiger partial charge in [-0.2, -0.15) is 0 Å². The first-order chi connectivity index (χ1) is 6.24. The molecule has 0 bridgehead atoms. The van der Waals surface area contributed by atoms with Crippen molar-refractivity contribution in [1.82, 2.24) is 4.90 Å². The second-order valence-corrected chi connectivity index (χ2v) is 2.84. The van der Waals surface area contributed by atoms with E-state index in [1.807, 2.05) is 6.92 Å². The van der Waals surface area contributed by atoms with E-state index in [0.717, 1.165) is 19.5 Å². The first-order valence-corrected chi connectivity index (χ1v) is 4.64. The minimum absolute atomic E-state index is 0.167. The van der Waals surface area contributed by atoms with Crippen molar-refractivity contribution in [2.75, 3.05) is 33.4 Å². The smallest absolute Gasteiger partial charge is 0.305 e. The van der Waals surface area contributed by atoms with Crippen LogP contribution in [0, 0.1) is 0 Å². The van der Waals surface area contributed by atoms with E-state index in [-0.39, 0.29) is 12.6 Å². The molecule has 0 aliphatic rings. The molecule has 0 unspecified atom stereocenters. The van der Waals surface area contributed by atoms with Gasteiger partial charge in [-0.25, -0.2) is 0 Å². The molecular formula is C9H19NO3. The van der Waals surface area contributed by atoms with Crippen LogP contribution in [0.3, 0.4) is 0 Å². The number of hydrogen-bond donors (Lipinski definition) is 1. The lowest BCUT2D eigenvalue weighted by Gasteiger charge is -2.18. The van der Waals surface area contributed by atoms with Gasteiger partial charge < -0.3 is 14.7 Å². The Kier molecular flexibility index (Phi) is 7.63. The zero-order valence-corrected chi connectivity index (χ0v) is 8.45. The standard InChI is InChI=1S/C9H19NO3/c1-3-10(7-8-11)6-4-5-9(12)13-2/h11H,3-8H2,1-2H3. The van der Waals surface area contributed by atoms with Gasteiger partial charge in [-0.3, -0.25) is 4.79 Å². The fraction of sp³-hybridized carbons (Fsp3) is 0.889. The monoisotopic (exact) mass is 189 g/mol. The molecule has 0 rings (SSSR count). The summed E-state index contributed by atoms with van der Waals surface area (Å²) in [6.07, 6.45) is 1.25. The van der Waals surface area contributed by atoms with Crippen LogP contribution in [0.5, 0.6) is 0 Å². The highest BCUT2D eigenvalue weighted by molar-refractivity contribution is 5.69. The predicted octanol–water partition coefficient (Wildman–Crippen LogP) is 0.254. The number of methoxy groups -OCH3 is 1. The minimum Gasteiger partial charge on any atom is -0.469 e. The van der Waals surface area contributed by atoms with Crippen molar-refractivity contribution in [3.8, 4) is 0 Å². The largest absolute Gasteiger partial charge is 0.469 e. The van der Waals surface area contributed by atoms with Crippen LogP contribution in [0.15, 0.2) is 0 Å². The van der Waals surface area contributed by atoms with E-state index in [0.29, 0.717) is 13.0 Å². The van der Waals surface area contributed by atoms with Crippen molar-refractivity contribution in [3.63, 3.8) is 0 Å². The number of ether oxygens (including phenoxy) is 1. The van der Waals surface area contributed by atoms with E-state index in [2.05, 4.69) is 9.64 Å². The Balaban J connectivity index is 3.42. The number of aliphatic hydroxyl groups excluding tert-OH is 1. The second kappa shape index (κ2) is 8.01. The van der Waals surface area contributed by atoms with Crippen LogP contribution in [-0.2, 0) is 9.53 Å². The molecule has 0 aromatic heterocycles. The van der Waals surface area contributed by atoms with E-state index in [4.69, 9.17) is 5.11 Å². The van der Waals surface area contributed by atoms with Crippen LogP contribution < -0.4 is 0 Å². The SMILES string of the molecule is CCN(CCO)CCCC(=O)OC. The van der Waals surface area contributed by atoms with E-state index in [9.17, 15) is 4.79 Å². The van der Waals surface area contributed by atoms with Crippen LogP contribution in [0.25, 0.3) is 0 Å². The van der Waals surface area contributed by atoms with Gasteiger partial charge in [0.1, 0.15) is 0 Å². The van der Waals surface area contributed by atoms with Crippen LogP contribution in [-0.4, -0.2) is 49.3 Å². The molecule has 0 fully saturated rings. The first kappa shape index (κ1) is 12.4. The molecule has 0 atom stereocenters. The van der Waals surface area contributed by atoms with Gasteiger partial charge in [0.25, 0.3) is 0 Å². The molecule has 13 heavy (non-hydrogen) atoms. The van der Waals surface area contributed by atoms with Crippen LogP contribution in [0.2, 0.25) is 0 Å². The Morgan fingerprint density at radius 1 is 1.46 bits per heavy atom. The first-order valence-electron chi connectivity index (χ1n) is 4.64. The third-order valence-corrected chi connectivity index (χ3v) is 1.95. The molecule has 0 heterocycles. The summed E-state index contributed by atoms with van der Waals surface area (Å²) in [5.41, 5.74) is 0. The molecule has 0 aliphatic carbocycles. The van der Waals surface area contributed by atoms with Gasteiger partial charge in [0, 0.05) is 13.0 Å². The van der Waals surface area contributed by atoms with Crippen LogP contribution in [0.1, 0.15) is 19.8 Å². The summed E-state index contributed by atoms with van der Waals surface area (Å²) < 4.78 is 4.52. The third-order valence-electron chi connectivity index (χ3n) is 1.95. The fourth-order valence-corrected chi connectivity index (χ4v) is 1.12.